The second-order valence-corrected chi connectivity index (χ2v) is 2.65. The summed E-state index contributed by atoms with van der Waals surface area (Å²) in [5, 5.41) is 21.8. The molecule has 0 atom stereocenters. The summed E-state index contributed by atoms with van der Waals surface area (Å²) >= 11 is 0. The summed E-state index contributed by atoms with van der Waals surface area (Å²) in [4.78, 5) is 10.7. The van der Waals surface area contributed by atoms with Crippen LogP contribution in [0.25, 0.3) is 11.4 Å². The molecular formula is C7H6N4O3. The van der Waals surface area contributed by atoms with Gasteiger partial charge in [-0.05, 0) is 6.92 Å². The fraction of sp³-hybridized carbons (Fsp3) is 0.143. The van der Waals surface area contributed by atoms with E-state index in [0.29, 0.717) is 11.5 Å². The van der Waals surface area contributed by atoms with Crippen LogP contribution in [0.5, 0.6) is 0 Å². The van der Waals surface area contributed by atoms with Crippen LogP contribution in [0.3, 0.4) is 0 Å². The minimum atomic E-state index is -1.16. The van der Waals surface area contributed by atoms with Crippen LogP contribution >= 0.6 is 0 Å². The average molecular weight is 194 g/mol. The van der Waals surface area contributed by atoms with Crippen LogP contribution in [0.2, 0.25) is 0 Å². The predicted octanol–water partition coefficient (Wildman–Crippen LogP) is 0.466. The molecule has 0 aliphatic heterocycles. The van der Waals surface area contributed by atoms with Crippen LogP contribution in [-0.4, -0.2) is 31.6 Å². The molecule has 0 aliphatic carbocycles. The lowest BCUT2D eigenvalue weighted by Crippen LogP contribution is -1.99. The van der Waals surface area contributed by atoms with Crippen molar-refractivity contribution >= 4 is 5.97 Å². The van der Waals surface area contributed by atoms with Gasteiger partial charge in [0.05, 0.1) is 0 Å². The maximum atomic E-state index is 10.7. The smallest absolute Gasteiger partial charge is 0.358 e. The Balaban J connectivity index is 2.51. The molecule has 0 saturated heterocycles. The summed E-state index contributed by atoms with van der Waals surface area (Å²) in [7, 11) is 0. The number of aromatic carboxylic acids is 1. The highest BCUT2D eigenvalue weighted by molar-refractivity contribution is 5.91. The number of aromatic amines is 1. The Kier molecular flexibility index (Phi) is 1.77. The van der Waals surface area contributed by atoms with Crippen LogP contribution < -0.4 is 0 Å². The summed E-state index contributed by atoms with van der Waals surface area (Å²) in [5.41, 5.74) is 0.362. The Labute approximate surface area is 77.7 Å². The minimum Gasteiger partial charge on any atom is -0.476 e. The highest BCUT2D eigenvalue weighted by atomic mass is 16.5. The Bertz CT molecular complexity index is 473. The third-order valence-electron chi connectivity index (χ3n) is 1.62. The molecule has 0 saturated carbocycles. The molecule has 0 amide bonds. The van der Waals surface area contributed by atoms with Gasteiger partial charge in [-0.3, -0.25) is 0 Å². The van der Waals surface area contributed by atoms with Crippen molar-refractivity contribution in [1.82, 2.24) is 20.6 Å². The Morgan fingerprint density at radius 2 is 2.36 bits per heavy atom. The number of hydrogen-bond donors (Lipinski definition) is 2. The summed E-state index contributed by atoms with van der Waals surface area (Å²) in [5.74, 6) is -0.575. The first kappa shape index (κ1) is 8.42. The molecule has 72 valence electrons. The third kappa shape index (κ3) is 1.24. The molecular weight excluding hydrogens is 188 g/mol. The van der Waals surface area contributed by atoms with Crippen molar-refractivity contribution in [3.8, 4) is 11.4 Å². The van der Waals surface area contributed by atoms with Gasteiger partial charge in [-0.25, -0.2) is 4.79 Å². The zero-order chi connectivity index (χ0) is 10.1. The van der Waals surface area contributed by atoms with Gasteiger partial charge in [0, 0.05) is 6.07 Å². The third-order valence-corrected chi connectivity index (χ3v) is 1.62. The lowest BCUT2D eigenvalue weighted by atomic mass is 10.2. The van der Waals surface area contributed by atoms with Gasteiger partial charge < -0.3 is 9.63 Å². The molecule has 2 aromatic rings. The summed E-state index contributed by atoms with van der Waals surface area (Å²) in [6.07, 6.45) is 0. The highest BCUT2D eigenvalue weighted by Crippen LogP contribution is 2.18. The van der Waals surface area contributed by atoms with Crippen molar-refractivity contribution in [3.05, 3.63) is 17.5 Å². The number of aryl methyl sites for hydroxylation is 1. The second-order valence-electron chi connectivity index (χ2n) is 2.65. The Morgan fingerprint density at radius 1 is 1.57 bits per heavy atom. The van der Waals surface area contributed by atoms with E-state index < -0.39 is 5.97 Å². The van der Waals surface area contributed by atoms with Crippen molar-refractivity contribution in [2.45, 2.75) is 6.92 Å². The number of H-pyrrole nitrogens is 1. The first-order valence-electron chi connectivity index (χ1n) is 3.76. The van der Waals surface area contributed by atoms with Crippen molar-refractivity contribution in [2.24, 2.45) is 0 Å². The monoisotopic (exact) mass is 194 g/mol. The van der Waals surface area contributed by atoms with Gasteiger partial charge in [-0.2, -0.15) is 10.3 Å². The van der Waals surface area contributed by atoms with Gasteiger partial charge in [0.15, 0.2) is 5.69 Å². The van der Waals surface area contributed by atoms with Crippen molar-refractivity contribution in [1.29, 1.82) is 0 Å². The number of rotatable bonds is 2. The van der Waals surface area contributed by atoms with Crippen LogP contribution in [0.4, 0.5) is 0 Å². The normalized spacial score (nSPS) is 10.4. The lowest BCUT2D eigenvalue weighted by Gasteiger charge is -1.87. The molecule has 0 unspecified atom stereocenters. The van der Waals surface area contributed by atoms with Crippen LogP contribution in [-0.2, 0) is 0 Å². The molecule has 0 bridgehead atoms. The summed E-state index contributed by atoms with van der Waals surface area (Å²) < 4.78 is 4.80. The van der Waals surface area contributed by atoms with Gasteiger partial charge in [0.2, 0.25) is 0 Å². The van der Waals surface area contributed by atoms with E-state index in [9.17, 15) is 4.79 Å². The SMILES string of the molecule is Cc1cc(-c2n[nH]nc2C(=O)O)no1. The minimum absolute atomic E-state index is 0.168. The first-order chi connectivity index (χ1) is 6.68. The number of nitrogens with zero attached hydrogens (tertiary/aromatic N) is 3. The van der Waals surface area contributed by atoms with Crippen molar-refractivity contribution < 1.29 is 14.4 Å². The standard InChI is InChI=1S/C7H6N4O3/c1-3-2-4(10-14-3)5-6(7(12)13)9-11-8-5/h2H,1H3,(H,12,13)(H,8,9,11). The maximum absolute atomic E-state index is 10.7. The van der Waals surface area contributed by atoms with E-state index in [2.05, 4.69) is 20.6 Å². The topological polar surface area (TPSA) is 105 Å². The number of nitrogens with one attached hydrogen (secondary N) is 1. The van der Waals surface area contributed by atoms with E-state index in [1.54, 1.807) is 13.0 Å². The molecule has 7 heteroatoms. The zero-order valence-electron chi connectivity index (χ0n) is 7.18. The molecule has 2 N–H and O–H groups in total. The number of hydrogen-bond acceptors (Lipinski definition) is 5. The summed E-state index contributed by atoms with van der Waals surface area (Å²) in [6.45, 7) is 1.71. The van der Waals surface area contributed by atoms with E-state index in [1.807, 2.05) is 0 Å². The van der Waals surface area contributed by atoms with E-state index in [0.717, 1.165) is 0 Å². The number of carboxylic acids is 1. The van der Waals surface area contributed by atoms with Gasteiger partial charge in [0.25, 0.3) is 0 Å². The first-order valence-corrected chi connectivity index (χ1v) is 3.76. The molecule has 7 nitrogen and oxygen atoms in total. The molecule has 0 fully saturated rings. The molecule has 0 aliphatic rings. The quantitative estimate of drug-likeness (QED) is 0.719. The van der Waals surface area contributed by atoms with Gasteiger partial charge >= 0.3 is 5.97 Å². The Morgan fingerprint density at radius 3 is 2.93 bits per heavy atom. The fourth-order valence-corrected chi connectivity index (χ4v) is 1.04. The largest absolute Gasteiger partial charge is 0.476 e. The van der Waals surface area contributed by atoms with E-state index in [-0.39, 0.29) is 11.4 Å². The van der Waals surface area contributed by atoms with Gasteiger partial charge in [-0.1, -0.05) is 5.16 Å². The van der Waals surface area contributed by atoms with E-state index >= 15 is 0 Å². The number of aromatic nitrogens is 4. The lowest BCUT2D eigenvalue weighted by molar-refractivity contribution is 0.0691. The molecule has 0 spiro atoms. The van der Waals surface area contributed by atoms with Crippen LogP contribution in [0, 0.1) is 6.92 Å². The molecule has 2 aromatic heterocycles. The second kappa shape index (κ2) is 2.95. The molecule has 0 aromatic carbocycles. The van der Waals surface area contributed by atoms with Crippen molar-refractivity contribution in [3.63, 3.8) is 0 Å². The molecule has 2 rings (SSSR count). The summed E-state index contributed by atoms with van der Waals surface area (Å²) in [6, 6.07) is 1.59. The zero-order valence-corrected chi connectivity index (χ0v) is 7.18. The highest BCUT2D eigenvalue weighted by Gasteiger charge is 2.19. The number of carboxylic acid groups (broad SMARTS) is 1. The van der Waals surface area contributed by atoms with Crippen LogP contribution in [0.1, 0.15) is 16.2 Å². The fourth-order valence-electron chi connectivity index (χ4n) is 1.04. The maximum Gasteiger partial charge on any atom is 0.358 e. The van der Waals surface area contributed by atoms with Gasteiger partial charge in [-0.15, -0.1) is 5.10 Å². The van der Waals surface area contributed by atoms with Gasteiger partial charge in [0.1, 0.15) is 17.1 Å². The van der Waals surface area contributed by atoms with E-state index in [1.165, 1.54) is 0 Å². The van der Waals surface area contributed by atoms with Crippen molar-refractivity contribution in [2.75, 3.05) is 0 Å². The van der Waals surface area contributed by atoms with E-state index in [4.69, 9.17) is 9.63 Å². The Hall–Kier alpha value is -2.18. The average Bonchev–Trinajstić information content (AvgIpc) is 2.70. The predicted molar refractivity (Wildman–Crippen MR) is 43.6 cm³/mol. The molecule has 14 heavy (non-hydrogen) atoms. The van der Waals surface area contributed by atoms with Crippen LogP contribution in [0.15, 0.2) is 10.6 Å². The molecule has 2 heterocycles. The molecule has 0 radical (unpaired) electrons. The number of carbonyl (C=O) groups is 1.